The Labute approximate surface area is 190 Å². The highest BCUT2D eigenvalue weighted by Crippen LogP contribution is 2.40. The molecule has 1 heterocycles. The topological polar surface area (TPSA) is 50.8 Å². The minimum Gasteiger partial charge on any atom is -0.493 e. The second-order valence-electron chi connectivity index (χ2n) is 8.45. The molecule has 0 aliphatic carbocycles. The van der Waals surface area contributed by atoms with E-state index in [1.165, 1.54) is 11.1 Å². The summed E-state index contributed by atoms with van der Waals surface area (Å²) >= 11 is 0. The van der Waals surface area contributed by atoms with Crippen molar-refractivity contribution in [1.29, 1.82) is 0 Å². The monoisotopic (exact) mass is 430 g/mol. The maximum Gasteiger partial charge on any atom is 0.258 e. The zero-order valence-electron chi connectivity index (χ0n) is 19.3. The van der Waals surface area contributed by atoms with E-state index in [1.807, 2.05) is 4.90 Å². The number of carbonyl (C=O) groups excluding carboxylic acids is 1. The number of methoxy groups -OCH3 is 2. The van der Waals surface area contributed by atoms with Crippen LogP contribution in [0.15, 0.2) is 60.7 Å². The number of ether oxygens (including phenoxy) is 2. The van der Waals surface area contributed by atoms with E-state index in [4.69, 9.17) is 9.47 Å². The third-order valence-electron chi connectivity index (χ3n) is 6.08. The molecule has 0 bridgehead atoms. The summed E-state index contributed by atoms with van der Waals surface area (Å²) in [5.41, 5.74) is 6.14. The average Bonchev–Trinajstić information content (AvgIpc) is 2.80. The molecule has 1 N–H and O–H groups in total. The van der Waals surface area contributed by atoms with Gasteiger partial charge in [-0.3, -0.25) is 4.79 Å². The van der Waals surface area contributed by atoms with Gasteiger partial charge in [-0.05, 0) is 69.2 Å². The van der Waals surface area contributed by atoms with E-state index >= 15 is 0 Å². The molecule has 3 aromatic rings. The van der Waals surface area contributed by atoms with Crippen LogP contribution in [0.5, 0.6) is 11.5 Å². The lowest BCUT2D eigenvalue weighted by Gasteiger charge is -2.40. The van der Waals surface area contributed by atoms with E-state index in [2.05, 4.69) is 68.6 Å². The second kappa shape index (κ2) is 8.95. The first-order valence-corrected chi connectivity index (χ1v) is 10.9. The number of benzene rings is 3. The normalized spacial score (nSPS) is 17.5. The van der Waals surface area contributed by atoms with Crippen LogP contribution < -0.4 is 19.7 Å². The zero-order chi connectivity index (χ0) is 22.8. The van der Waals surface area contributed by atoms with Crippen molar-refractivity contribution in [3.63, 3.8) is 0 Å². The van der Waals surface area contributed by atoms with Gasteiger partial charge in [-0.25, -0.2) is 0 Å². The van der Waals surface area contributed by atoms with Crippen LogP contribution in [0.1, 0.15) is 46.4 Å². The summed E-state index contributed by atoms with van der Waals surface area (Å²) < 4.78 is 10.7. The van der Waals surface area contributed by atoms with Crippen LogP contribution in [-0.2, 0) is 0 Å². The van der Waals surface area contributed by atoms with Gasteiger partial charge >= 0.3 is 0 Å². The van der Waals surface area contributed by atoms with Crippen molar-refractivity contribution < 1.29 is 14.3 Å². The van der Waals surface area contributed by atoms with Crippen LogP contribution in [0.3, 0.4) is 0 Å². The summed E-state index contributed by atoms with van der Waals surface area (Å²) in [5.74, 6) is 1.11. The molecule has 1 aliphatic heterocycles. The van der Waals surface area contributed by atoms with Gasteiger partial charge in [0, 0.05) is 23.0 Å². The Balaban J connectivity index is 1.70. The minimum atomic E-state index is -0.0441. The lowest BCUT2D eigenvalue weighted by atomic mass is 9.89. The lowest BCUT2D eigenvalue weighted by molar-refractivity contribution is 0.0973. The molecule has 1 amide bonds. The summed E-state index contributed by atoms with van der Waals surface area (Å²) in [6, 6.07) is 20.2. The van der Waals surface area contributed by atoms with E-state index < -0.39 is 0 Å². The third-order valence-corrected chi connectivity index (χ3v) is 6.08. The maximum absolute atomic E-state index is 13.6. The summed E-state index contributed by atoms with van der Waals surface area (Å²) in [6.45, 7) is 6.27. The first-order chi connectivity index (χ1) is 15.4. The fraction of sp³-hybridized carbons (Fsp3) is 0.296. The predicted molar refractivity (Wildman–Crippen MR) is 129 cm³/mol. The maximum atomic E-state index is 13.6. The molecule has 3 aromatic carbocycles. The van der Waals surface area contributed by atoms with Gasteiger partial charge in [0.05, 0.1) is 20.3 Å². The Morgan fingerprint density at radius 1 is 0.906 bits per heavy atom. The molecule has 0 unspecified atom stereocenters. The molecule has 2 atom stereocenters. The van der Waals surface area contributed by atoms with Crippen LogP contribution in [0.4, 0.5) is 11.4 Å². The van der Waals surface area contributed by atoms with E-state index in [0.29, 0.717) is 17.1 Å². The molecule has 0 fully saturated rings. The minimum absolute atomic E-state index is 0.0220. The van der Waals surface area contributed by atoms with Gasteiger partial charge in [0.15, 0.2) is 11.5 Å². The fourth-order valence-corrected chi connectivity index (χ4v) is 4.39. The Hall–Kier alpha value is -3.47. The van der Waals surface area contributed by atoms with Crippen molar-refractivity contribution in [1.82, 2.24) is 0 Å². The molecule has 0 aromatic heterocycles. The highest BCUT2D eigenvalue weighted by Gasteiger charge is 2.34. The van der Waals surface area contributed by atoms with Gasteiger partial charge in [-0.1, -0.05) is 35.4 Å². The summed E-state index contributed by atoms with van der Waals surface area (Å²) in [4.78, 5) is 15.5. The number of nitrogens with zero attached hydrogens (tertiary/aromatic N) is 1. The van der Waals surface area contributed by atoms with Crippen molar-refractivity contribution in [2.45, 2.75) is 39.3 Å². The number of carbonyl (C=O) groups is 1. The molecule has 1 aliphatic rings. The van der Waals surface area contributed by atoms with Gasteiger partial charge in [0.1, 0.15) is 0 Å². The van der Waals surface area contributed by atoms with Crippen molar-refractivity contribution in [2.75, 3.05) is 24.4 Å². The first-order valence-electron chi connectivity index (χ1n) is 10.9. The summed E-state index contributed by atoms with van der Waals surface area (Å²) in [5, 5.41) is 3.68. The van der Waals surface area contributed by atoms with Crippen LogP contribution >= 0.6 is 0 Å². The molecule has 0 saturated heterocycles. The number of anilines is 2. The second-order valence-corrected chi connectivity index (χ2v) is 8.45. The molecule has 5 nitrogen and oxygen atoms in total. The van der Waals surface area contributed by atoms with Crippen LogP contribution in [-0.4, -0.2) is 26.2 Å². The molecule has 0 radical (unpaired) electrons. The summed E-state index contributed by atoms with van der Waals surface area (Å²) in [7, 11) is 3.17. The molecule has 166 valence electrons. The van der Waals surface area contributed by atoms with Crippen LogP contribution in [0, 0.1) is 13.8 Å². The van der Waals surface area contributed by atoms with Gasteiger partial charge in [-0.15, -0.1) is 0 Å². The number of hydrogen-bond donors (Lipinski definition) is 1. The lowest BCUT2D eigenvalue weighted by Crippen LogP contribution is -2.44. The quantitative estimate of drug-likeness (QED) is 0.546. The number of fused-ring (bicyclic) bond motifs is 1. The smallest absolute Gasteiger partial charge is 0.258 e. The molecule has 0 saturated carbocycles. The van der Waals surface area contributed by atoms with Crippen LogP contribution in [0.2, 0.25) is 0 Å². The number of hydrogen-bond acceptors (Lipinski definition) is 4. The molecular formula is C27H30N2O3. The number of aryl methyl sites for hydroxylation is 2. The number of amides is 1. The van der Waals surface area contributed by atoms with Crippen LogP contribution in [0.25, 0.3) is 0 Å². The van der Waals surface area contributed by atoms with Crippen molar-refractivity contribution in [3.05, 3.63) is 82.9 Å². The molecule has 32 heavy (non-hydrogen) atoms. The van der Waals surface area contributed by atoms with Gasteiger partial charge < -0.3 is 19.7 Å². The molecule has 0 spiro atoms. The number of nitrogens with one attached hydrogen (secondary N) is 1. The zero-order valence-corrected chi connectivity index (χ0v) is 19.3. The van der Waals surface area contributed by atoms with Crippen molar-refractivity contribution in [2.24, 2.45) is 0 Å². The van der Waals surface area contributed by atoms with Crippen molar-refractivity contribution in [3.8, 4) is 11.5 Å². The standard InChI is InChI=1S/C27H30N2O3/c1-17-6-10-21(11-7-17)28-23-15-19(3)29(24-12-8-18(2)14-22(23)24)27(30)20-9-13-25(31-4)26(16-20)32-5/h6-14,16,19,23,28H,15H2,1-5H3/t19-,23+/m1/s1. The largest absolute Gasteiger partial charge is 0.493 e. The average molecular weight is 431 g/mol. The molecule has 5 heteroatoms. The Bertz CT molecular complexity index is 1120. The predicted octanol–water partition coefficient (Wildman–Crippen LogP) is 5.91. The Morgan fingerprint density at radius 3 is 2.28 bits per heavy atom. The van der Waals surface area contributed by atoms with Gasteiger partial charge in [-0.2, -0.15) is 0 Å². The summed E-state index contributed by atoms with van der Waals surface area (Å²) in [6.07, 6.45) is 0.809. The number of rotatable bonds is 5. The highest BCUT2D eigenvalue weighted by molar-refractivity contribution is 6.07. The molecule has 4 rings (SSSR count). The van der Waals surface area contributed by atoms with E-state index in [-0.39, 0.29) is 18.0 Å². The molecular weight excluding hydrogens is 400 g/mol. The van der Waals surface area contributed by atoms with Gasteiger partial charge in [0.25, 0.3) is 5.91 Å². The Kier molecular flexibility index (Phi) is 6.08. The Morgan fingerprint density at radius 2 is 1.59 bits per heavy atom. The SMILES string of the molecule is COc1ccc(C(=O)N2c3ccc(C)cc3[C@@H](Nc3ccc(C)cc3)C[C@H]2C)cc1OC. The van der Waals surface area contributed by atoms with E-state index in [0.717, 1.165) is 23.4 Å². The first kappa shape index (κ1) is 21.8. The van der Waals surface area contributed by atoms with E-state index in [9.17, 15) is 4.79 Å². The van der Waals surface area contributed by atoms with E-state index in [1.54, 1.807) is 32.4 Å². The fourth-order valence-electron chi connectivity index (χ4n) is 4.39. The van der Waals surface area contributed by atoms with Gasteiger partial charge in [0.2, 0.25) is 0 Å². The third kappa shape index (κ3) is 4.15. The van der Waals surface area contributed by atoms with Crippen molar-refractivity contribution >= 4 is 17.3 Å². The highest BCUT2D eigenvalue weighted by atomic mass is 16.5.